The molecule has 0 radical (unpaired) electrons. The van der Waals surface area contributed by atoms with Crippen LogP contribution in [-0.4, -0.2) is 119 Å². The number of methoxy groups -OCH3 is 1. The van der Waals surface area contributed by atoms with E-state index in [4.69, 9.17) is 18.9 Å². The van der Waals surface area contributed by atoms with E-state index >= 15 is 0 Å². The molecule has 1 aromatic carbocycles. The summed E-state index contributed by atoms with van der Waals surface area (Å²) in [7, 11) is -2.46. The number of aliphatic hydroxyl groups excluding tert-OH is 1. The Morgan fingerprint density at radius 3 is 2.78 bits per heavy atom. The van der Waals surface area contributed by atoms with Crippen molar-refractivity contribution in [2.75, 3.05) is 66.3 Å². The number of morpholine rings is 1. The molecule has 1 aromatic rings. The number of sulfonamides is 1. The van der Waals surface area contributed by atoms with Crippen molar-refractivity contribution in [3.05, 3.63) is 24.3 Å². The molecular formula is C25H39N3O8S. The van der Waals surface area contributed by atoms with Crippen molar-refractivity contribution in [3.8, 4) is 5.75 Å². The fourth-order valence-corrected chi connectivity index (χ4v) is 6.85. The summed E-state index contributed by atoms with van der Waals surface area (Å²) in [5, 5.41) is 13.4. The highest BCUT2D eigenvalue weighted by molar-refractivity contribution is 7.89. The Morgan fingerprint density at radius 1 is 1.19 bits per heavy atom. The summed E-state index contributed by atoms with van der Waals surface area (Å²) in [4.78, 5) is 15.0. The number of nitrogens with one attached hydrogen (secondary N) is 1. The van der Waals surface area contributed by atoms with Crippen LogP contribution in [0.2, 0.25) is 0 Å². The van der Waals surface area contributed by atoms with Gasteiger partial charge in [0, 0.05) is 32.2 Å². The lowest BCUT2D eigenvalue weighted by atomic mass is 9.96. The summed E-state index contributed by atoms with van der Waals surface area (Å²) < 4.78 is 51.0. The number of carbonyl (C=O) groups excluding carboxylic acids is 1. The van der Waals surface area contributed by atoms with Gasteiger partial charge in [-0.05, 0) is 37.9 Å². The first-order valence-electron chi connectivity index (χ1n) is 13.0. The first-order chi connectivity index (χ1) is 17.9. The van der Waals surface area contributed by atoms with Gasteiger partial charge < -0.3 is 29.4 Å². The van der Waals surface area contributed by atoms with Gasteiger partial charge in [0.2, 0.25) is 15.9 Å². The highest BCUT2D eigenvalue weighted by Crippen LogP contribution is 2.32. The zero-order valence-electron chi connectivity index (χ0n) is 21.4. The Hall–Kier alpha value is -1.80. The number of hydrogen-bond acceptors (Lipinski definition) is 9. The molecule has 208 valence electrons. The standard InChI is InChI=1S/C25H39N3O8S/c1-33-20-4-2-5-22(14-20)37(31,32)28-16-19(29)17-35-18-24-23(28)7-6-21(36-24)15-25(30)26-8-3-9-27-10-12-34-13-11-27/h2,4-5,14,19,21,23-24,29H,3,6-13,15-18H2,1H3,(H,26,30)/t19-,21-,23+,24-/m1/s1. The summed E-state index contributed by atoms with van der Waals surface area (Å²) in [6, 6.07) is 5.78. The maximum absolute atomic E-state index is 13.6. The molecule has 4 atom stereocenters. The molecule has 3 saturated heterocycles. The van der Waals surface area contributed by atoms with Gasteiger partial charge >= 0.3 is 0 Å². The summed E-state index contributed by atoms with van der Waals surface area (Å²) in [5.74, 6) is 0.359. The Labute approximate surface area is 219 Å². The molecule has 3 aliphatic rings. The summed E-state index contributed by atoms with van der Waals surface area (Å²) >= 11 is 0. The minimum absolute atomic E-state index is 0.00497. The second kappa shape index (κ2) is 13.3. The van der Waals surface area contributed by atoms with Crippen LogP contribution in [0.5, 0.6) is 5.75 Å². The van der Waals surface area contributed by atoms with Crippen molar-refractivity contribution in [1.29, 1.82) is 0 Å². The van der Waals surface area contributed by atoms with E-state index in [2.05, 4.69) is 10.2 Å². The molecule has 2 N–H and O–H groups in total. The largest absolute Gasteiger partial charge is 0.497 e. The average molecular weight is 542 g/mol. The maximum Gasteiger partial charge on any atom is 0.243 e. The second-order valence-electron chi connectivity index (χ2n) is 9.75. The molecule has 37 heavy (non-hydrogen) atoms. The van der Waals surface area contributed by atoms with Crippen molar-refractivity contribution in [3.63, 3.8) is 0 Å². The van der Waals surface area contributed by atoms with Gasteiger partial charge in [0.05, 0.1) is 69.2 Å². The van der Waals surface area contributed by atoms with E-state index in [1.807, 2.05) is 0 Å². The van der Waals surface area contributed by atoms with Gasteiger partial charge in [-0.1, -0.05) is 6.07 Å². The average Bonchev–Trinajstić information content (AvgIpc) is 2.89. The highest BCUT2D eigenvalue weighted by atomic mass is 32.2. The highest BCUT2D eigenvalue weighted by Gasteiger charge is 2.43. The number of nitrogens with zero attached hydrogens (tertiary/aromatic N) is 2. The minimum atomic E-state index is -3.94. The van der Waals surface area contributed by atoms with E-state index in [1.165, 1.54) is 23.5 Å². The Kier molecular flexibility index (Phi) is 10.2. The van der Waals surface area contributed by atoms with Gasteiger partial charge in [-0.2, -0.15) is 4.31 Å². The van der Waals surface area contributed by atoms with Crippen LogP contribution in [0.1, 0.15) is 25.7 Å². The second-order valence-corrected chi connectivity index (χ2v) is 11.6. The van der Waals surface area contributed by atoms with Crippen molar-refractivity contribution in [2.45, 2.75) is 54.9 Å². The van der Waals surface area contributed by atoms with Gasteiger partial charge in [0.1, 0.15) is 5.75 Å². The van der Waals surface area contributed by atoms with Crippen LogP contribution in [-0.2, 0) is 29.0 Å². The number of aliphatic hydroxyl groups is 1. The van der Waals surface area contributed by atoms with Gasteiger partial charge in [-0.3, -0.25) is 9.69 Å². The number of rotatable bonds is 9. The van der Waals surface area contributed by atoms with E-state index < -0.39 is 28.3 Å². The third-order valence-electron chi connectivity index (χ3n) is 7.07. The first-order valence-corrected chi connectivity index (χ1v) is 14.4. The minimum Gasteiger partial charge on any atom is -0.497 e. The third kappa shape index (κ3) is 7.62. The predicted molar refractivity (Wildman–Crippen MR) is 135 cm³/mol. The molecule has 3 heterocycles. The molecule has 1 amide bonds. The SMILES string of the molecule is COc1cccc(S(=O)(=O)N2C[C@@H](O)COC[C@H]3O[C@@H](CC(=O)NCCCN4CCOCC4)CC[C@@H]32)c1. The van der Waals surface area contributed by atoms with Crippen molar-refractivity contribution in [1.82, 2.24) is 14.5 Å². The molecule has 0 saturated carbocycles. The Morgan fingerprint density at radius 2 is 2.00 bits per heavy atom. The summed E-state index contributed by atoms with van der Waals surface area (Å²) in [6.07, 6.45) is 0.292. The Balaban J connectivity index is 1.34. The van der Waals surface area contributed by atoms with Gasteiger partial charge in [-0.15, -0.1) is 0 Å². The molecule has 4 rings (SSSR count). The molecule has 0 bridgehead atoms. The van der Waals surface area contributed by atoms with Crippen molar-refractivity contribution in [2.24, 2.45) is 0 Å². The molecular weight excluding hydrogens is 502 g/mol. The summed E-state index contributed by atoms with van der Waals surface area (Å²) in [6.45, 7) is 4.94. The van der Waals surface area contributed by atoms with Crippen molar-refractivity contribution < 1.29 is 37.3 Å². The van der Waals surface area contributed by atoms with Crippen LogP contribution in [0.4, 0.5) is 0 Å². The lowest BCUT2D eigenvalue weighted by molar-refractivity contribution is -0.146. The zero-order chi connectivity index (χ0) is 26.3. The molecule has 0 aliphatic carbocycles. The first kappa shape index (κ1) is 28.2. The maximum atomic E-state index is 13.6. The van der Waals surface area contributed by atoms with Crippen LogP contribution in [0, 0.1) is 0 Å². The number of hydrogen-bond donors (Lipinski definition) is 2. The number of carbonyl (C=O) groups is 1. The number of amides is 1. The molecule has 3 fully saturated rings. The fraction of sp³-hybridized carbons (Fsp3) is 0.720. The quantitative estimate of drug-likeness (QED) is 0.422. The predicted octanol–water partition coefficient (Wildman–Crippen LogP) is 0.222. The lowest BCUT2D eigenvalue weighted by Crippen LogP contribution is -2.57. The topological polar surface area (TPSA) is 127 Å². The van der Waals surface area contributed by atoms with E-state index in [0.717, 1.165) is 39.3 Å². The Bertz CT molecular complexity index is 988. The molecule has 0 aromatic heterocycles. The van der Waals surface area contributed by atoms with E-state index in [0.29, 0.717) is 25.1 Å². The smallest absolute Gasteiger partial charge is 0.243 e. The fourth-order valence-electron chi connectivity index (χ4n) is 5.10. The molecule has 0 spiro atoms. The van der Waals surface area contributed by atoms with E-state index in [1.54, 1.807) is 12.1 Å². The van der Waals surface area contributed by atoms with Gasteiger partial charge in [0.25, 0.3) is 0 Å². The van der Waals surface area contributed by atoms with Crippen LogP contribution in [0.15, 0.2) is 29.2 Å². The molecule has 11 nitrogen and oxygen atoms in total. The number of ether oxygens (including phenoxy) is 4. The lowest BCUT2D eigenvalue weighted by Gasteiger charge is -2.43. The van der Waals surface area contributed by atoms with Crippen LogP contribution in [0.3, 0.4) is 0 Å². The number of β-amino-alcohol motifs (C(OH)–C–C–N with tert-alkyl or cyclic N) is 1. The van der Waals surface area contributed by atoms with Crippen LogP contribution < -0.4 is 10.1 Å². The van der Waals surface area contributed by atoms with Crippen LogP contribution in [0.25, 0.3) is 0 Å². The summed E-state index contributed by atoms with van der Waals surface area (Å²) in [5.41, 5.74) is 0. The monoisotopic (exact) mass is 541 g/mol. The number of benzene rings is 1. The van der Waals surface area contributed by atoms with E-state index in [-0.39, 0.29) is 43.1 Å². The van der Waals surface area contributed by atoms with Gasteiger partial charge in [0.15, 0.2) is 0 Å². The normalized spacial score (nSPS) is 28.1. The molecule has 0 unspecified atom stereocenters. The third-order valence-corrected chi connectivity index (χ3v) is 8.96. The zero-order valence-corrected chi connectivity index (χ0v) is 22.2. The van der Waals surface area contributed by atoms with Gasteiger partial charge in [-0.25, -0.2) is 8.42 Å². The molecule has 12 heteroatoms. The van der Waals surface area contributed by atoms with Crippen molar-refractivity contribution >= 4 is 15.9 Å². The number of fused-ring (bicyclic) bond motifs is 1. The molecule has 3 aliphatic heterocycles. The van der Waals surface area contributed by atoms with Crippen LogP contribution >= 0.6 is 0 Å². The van der Waals surface area contributed by atoms with E-state index in [9.17, 15) is 18.3 Å².